The topological polar surface area (TPSA) is 40.1 Å². The van der Waals surface area contributed by atoms with Crippen molar-refractivity contribution in [3.05, 3.63) is 0 Å². The van der Waals surface area contributed by atoms with Crippen LogP contribution < -0.4 is 5.32 Å². The van der Waals surface area contributed by atoms with Gasteiger partial charge in [-0.25, -0.2) is 0 Å². The highest BCUT2D eigenvalue weighted by Crippen LogP contribution is 2.20. The van der Waals surface area contributed by atoms with Gasteiger partial charge in [0.25, 0.3) is 0 Å². The lowest BCUT2D eigenvalue weighted by molar-refractivity contribution is 0.140. The second-order valence-electron chi connectivity index (χ2n) is 7.64. The van der Waals surface area contributed by atoms with Crippen LogP contribution in [0.1, 0.15) is 33.1 Å². The number of hydrogen-bond donors (Lipinski definition) is 1. The van der Waals surface area contributed by atoms with Crippen molar-refractivity contribution in [3.63, 3.8) is 0 Å². The number of halogens is 1. The molecule has 0 saturated carbocycles. The zero-order chi connectivity index (χ0) is 16.7. The van der Waals surface area contributed by atoms with Crippen molar-refractivity contribution >= 4 is 29.9 Å². The smallest absolute Gasteiger partial charge is 0.193 e. The van der Waals surface area contributed by atoms with Crippen molar-refractivity contribution in [3.8, 4) is 0 Å². The maximum absolute atomic E-state index is 5.46. The van der Waals surface area contributed by atoms with E-state index in [0.29, 0.717) is 5.92 Å². The number of nitrogens with one attached hydrogen (secondary N) is 1. The molecule has 24 heavy (non-hydrogen) atoms. The Bertz CT molecular complexity index is 364. The second-order valence-corrected chi connectivity index (χ2v) is 7.64. The summed E-state index contributed by atoms with van der Waals surface area (Å²) in [6.45, 7) is 12.3. The van der Waals surface area contributed by atoms with Gasteiger partial charge in [0.2, 0.25) is 0 Å². The van der Waals surface area contributed by atoms with Gasteiger partial charge in [0.05, 0.1) is 6.61 Å². The average Bonchev–Trinajstić information content (AvgIpc) is 2.99. The van der Waals surface area contributed by atoms with Crippen LogP contribution in [-0.4, -0.2) is 75.8 Å². The Morgan fingerprint density at radius 3 is 2.58 bits per heavy atom. The molecule has 0 bridgehead atoms. The fourth-order valence-electron chi connectivity index (χ4n) is 4.06. The predicted octanol–water partition coefficient (Wildman–Crippen LogP) is 2.52. The molecule has 2 fully saturated rings. The zero-order valence-electron chi connectivity index (χ0n) is 16.0. The number of hydrogen-bond acceptors (Lipinski definition) is 3. The minimum Gasteiger partial charge on any atom is -0.381 e. The number of guanidine groups is 1. The third-order valence-electron chi connectivity index (χ3n) is 5.01. The van der Waals surface area contributed by atoms with Gasteiger partial charge >= 0.3 is 0 Å². The Hall–Kier alpha value is -0.0800. The van der Waals surface area contributed by atoms with Gasteiger partial charge in [-0.15, -0.1) is 24.0 Å². The third kappa shape index (κ3) is 7.44. The van der Waals surface area contributed by atoms with Crippen LogP contribution in [-0.2, 0) is 4.74 Å². The summed E-state index contributed by atoms with van der Waals surface area (Å²) in [5.41, 5.74) is 0. The standard InChI is InChI=1S/C18H36N4O.HI/c1-15-10-16(2)12-22(11-15)8-5-7-20-18(19-3)21(4)13-17-6-9-23-14-17;/h15-17H,5-14H2,1-4H3,(H,19,20);1H. The van der Waals surface area contributed by atoms with Gasteiger partial charge in [-0.05, 0) is 37.6 Å². The Morgan fingerprint density at radius 2 is 2.00 bits per heavy atom. The summed E-state index contributed by atoms with van der Waals surface area (Å²) in [5.74, 6) is 3.35. The highest BCUT2D eigenvalue weighted by molar-refractivity contribution is 14.0. The van der Waals surface area contributed by atoms with Crippen LogP contribution in [0.15, 0.2) is 4.99 Å². The minimum atomic E-state index is 0. The Balaban J connectivity index is 0.00000288. The van der Waals surface area contributed by atoms with Crippen molar-refractivity contribution in [2.75, 3.05) is 60.0 Å². The van der Waals surface area contributed by atoms with E-state index in [1.54, 1.807) is 0 Å². The van der Waals surface area contributed by atoms with Crippen LogP contribution in [0.5, 0.6) is 0 Å². The van der Waals surface area contributed by atoms with Crippen LogP contribution in [0.3, 0.4) is 0 Å². The van der Waals surface area contributed by atoms with E-state index >= 15 is 0 Å². The number of piperidine rings is 1. The lowest BCUT2D eigenvalue weighted by atomic mass is 9.92. The molecule has 0 radical (unpaired) electrons. The highest BCUT2D eigenvalue weighted by Gasteiger charge is 2.21. The fourth-order valence-corrected chi connectivity index (χ4v) is 4.06. The number of ether oxygens (including phenoxy) is 1. The first kappa shape index (κ1) is 22.0. The lowest BCUT2D eigenvalue weighted by Crippen LogP contribution is -2.43. The van der Waals surface area contributed by atoms with E-state index in [-0.39, 0.29) is 24.0 Å². The fraction of sp³-hybridized carbons (Fsp3) is 0.944. The summed E-state index contributed by atoms with van der Waals surface area (Å²) in [6, 6.07) is 0. The van der Waals surface area contributed by atoms with Crippen molar-refractivity contribution in [1.82, 2.24) is 15.1 Å². The monoisotopic (exact) mass is 452 g/mol. The first-order valence-corrected chi connectivity index (χ1v) is 9.30. The lowest BCUT2D eigenvalue weighted by Gasteiger charge is -2.35. The van der Waals surface area contributed by atoms with Gasteiger partial charge in [0.15, 0.2) is 5.96 Å². The van der Waals surface area contributed by atoms with Crippen molar-refractivity contribution in [2.24, 2.45) is 22.7 Å². The molecular formula is C18H37IN4O. The molecule has 0 aliphatic carbocycles. The SMILES string of the molecule is CN=C(NCCCN1CC(C)CC(C)C1)N(C)CC1CCOC1.I. The van der Waals surface area contributed by atoms with E-state index in [9.17, 15) is 0 Å². The molecule has 2 aliphatic heterocycles. The maximum atomic E-state index is 5.46. The zero-order valence-corrected chi connectivity index (χ0v) is 18.3. The van der Waals surface area contributed by atoms with Crippen molar-refractivity contribution in [1.29, 1.82) is 0 Å². The largest absolute Gasteiger partial charge is 0.381 e. The molecule has 3 atom stereocenters. The van der Waals surface area contributed by atoms with Crippen LogP contribution in [0.4, 0.5) is 0 Å². The van der Waals surface area contributed by atoms with E-state index in [1.807, 2.05) is 7.05 Å². The van der Waals surface area contributed by atoms with Gasteiger partial charge in [-0.1, -0.05) is 13.8 Å². The number of nitrogens with zero attached hydrogens (tertiary/aromatic N) is 3. The normalized spacial score (nSPS) is 28.5. The highest BCUT2D eigenvalue weighted by atomic mass is 127. The molecule has 2 rings (SSSR count). The third-order valence-corrected chi connectivity index (χ3v) is 5.01. The van der Waals surface area contributed by atoms with Gasteiger partial charge in [0, 0.05) is 52.8 Å². The number of likely N-dealkylation sites (tertiary alicyclic amines) is 1. The van der Waals surface area contributed by atoms with Crippen molar-refractivity contribution < 1.29 is 4.74 Å². The molecule has 6 heteroatoms. The molecule has 3 unspecified atom stereocenters. The van der Waals surface area contributed by atoms with Crippen LogP contribution >= 0.6 is 24.0 Å². The van der Waals surface area contributed by atoms with Gasteiger partial charge in [0.1, 0.15) is 0 Å². The molecule has 0 spiro atoms. The van der Waals surface area contributed by atoms with Crippen LogP contribution in [0.25, 0.3) is 0 Å². The summed E-state index contributed by atoms with van der Waals surface area (Å²) in [5, 5.41) is 3.51. The molecule has 2 saturated heterocycles. The Morgan fingerprint density at radius 1 is 1.29 bits per heavy atom. The van der Waals surface area contributed by atoms with E-state index in [0.717, 1.165) is 44.1 Å². The Labute approximate surface area is 165 Å². The molecule has 0 amide bonds. The summed E-state index contributed by atoms with van der Waals surface area (Å²) in [6.07, 6.45) is 3.74. The van der Waals surface area contributed by atoms with Gasteiger partial charge < -0.3 is 19.9 Å². The molecule has 142 valence electrons. The predicted molar refractivity (Wildman–Crippen MR) is 112 cm³/mol. The second kappa shape index (κ2) is 11.5. The van der Waals surface area contributed by atoms with E-state index < -0.39 is 0 Å². The quantitative estimate of drug-likeness (QED) is 0.291. The van der Waals surface area contributed by atoms with Gasteiger partial charge in [-0.2, -0.15) is 0 Å². The Kier molecular flexibility index (Phi) is 10.5. The average molecular weight is 452 g/mol. The van der Waals surface area contributed by atoms with Crippen molar-refractivity contribution in [2.45, 2.75) is 33.1 Å². The molecule has 0 aromatic heterocycles. The summed E-state index contributed by atoms with van der Waals surface area (Å²) in [7, 11) is 4.00. The molecule has 5 nitrogen and oxygen atoms in total. The first-order chi connectivity index (χ1) is 11.1. The maximum Gasteiger partial charge on any atom is 0.193 e. The molecule has 0 aromatic carbocycles. The molecule has 0 aromatic rings. The molecular weight excluding hydrogens is 415 g/mol. The van der Waals surface area contributed by atoms with E-state index in [1.165, 1.54) is 38.9 Å². The number of rotatable bonds is 6. The van der Waals surface area contributed by atoms with Crippen LogP contribution in [0, 0.1) is 17.8 Å². The number of aliphatic imine (C=N–C) groups is 1. The summed E-state index contributed by atoms with van der Waals surface area (Å²) < 4.78 is 5.46. The van der Waals surface area contributed by atoms with E-state index in [2.05, 4.69) is 41.0 Å². The molecule has 2 aliphatic rings. The van der Waals surface area contributed by atoms with Gasteiger partial charge in [-0.3, -0.25) is 4.99 Å². The molecule has 2 heterocycles. The minimum absolute atomic E-state index is 0. The van der Waals surface area contributed by atoms with Crippen LogP contribution in [0.2, 0.25) is 0 Å². The molecule has 1 N–H and O–H groups in total. The summed E-state index contributed by atoms with van der Waals surface area (Å²) in [4.78, 5) is 9.28. The first-order valence-electron chi connectivity index (χ1n) is 9.30. The van der Waals surface area contributed by atoms with E-state index in [4.69, 9.17) is 4.74 Å². The summed E-state index contributed by atoms with van der Waals surface area (Å²) >= 11 is 0.